The molecule has 0 radical (unpaired) electrons. The Balaban J connectivity index is 1.75. The summed E-state index contributed by atoms with van der Waals surface area (Å²) in [5, 5.41) is 8.80. The molecule has 1 saturated carbocycles. The highest BCUT2D eigenvalue weighted by atomic mass is 15.3. The lowest BCUT2D eigenvalue weighted by Gasteiger charge is -2.56. The molecule has 2 aliphatic rings. The van der Waals surface area contributed by atoms with Gasteiger partial charge in [-0.1, -0.05) is 6.42 Å². The Labute approximate surface area is 89.3 Å². The van der Waals surface area contributed by atoms with Crippen molar-refractivity contribution in [2.75, 3.05) is 18.0 Å². The van der Waals surface area contributed by atoms with Crippen molar-refractivity contribution in [2.24, 2.45) is 5.41 Å². The van der Waals surface area contributed by atoms with Crippen LogP contribution in [0.2, 0.25) is 0 Å². The number of rotatable bonds is 1. The summed E-state index contributed by atoms with van der Waals surface area (Å²) in [7, 11) is 0. The van der Waals surface area contributed by atoms with E-state index in [2.05, 4.69) is 16.0 Å². The molecule has 2 fully saturated rings. The van der Waals surface area contributed by atoms with Crippen molar-refractivity contribution in [1.82, 2.24) is 4.98 Å². The summed E-state index contributed by atoms with van der Waals surface area (Å²) in [6.07, 6.45) is 5.86. The van der Waals surface area contributed by atoms with Crippen LogP contribution in [0.25, 0.3) is 0 Å². The third-order valence-electron chi connectivity index (χ3n) is 3.67. The molecule has 0 aromatic carbocycles. The van der Waals surface area contributed by atoms with Crippen molar-refractivity contribution in [3.63, 3.8) is 0 Å². The van der Waals surface area contributed by atoms with Crippen molar-refractivity contribution in [1.29, 1.82) is 5.26 Å². The molecule has 1 aliphatic heterocycles. The second-order valence-corrected chi connectivity index (χ2v) is 4.72. The predicted octanol–water partition coefficient (Wildman–Crippen LogP) is 1.94. The first-order valence-electron chi connectivity index (χ1n) is 5.43. The van der Waals surface area contributed by atoms with Crippen LogP contribution in [0.1, 0.15) is 24.8 Å². The number of anilines is 1. The smallest absolute Gasteiger partial charge is 0.129 e. The average molecular weight is 199 g/mol. The average Bonchev–Trinajstić information content (AvgIpc) is 2.14. The van der Waals surface area contributed by atoms with Crippen molar-refractivity contribution in [2.45, 2.75) is 19.3 Å². The van der Waals surface area contributed by atoms with Gasteiger partial charge in [0.15, 0.2) is 0 Å². The van der Waals surface area contributed by atoms with Gasteiger partial charge in [0.2, 0.25) is 0 Å². The van der Waals surface area contributed by atoms with E-state index in [0.29, 0.717) is 11.0 Å². The van der Waals surface area contributed by atoms with E-state index < -0.39 is 0 Å². The number of hydrogen-bond acceptors (Lipinski definition) is 3. The topological polar surface area (TPSA) is 39.9 Å². The van der Waals surface area contributed by atoms with Gasteiger partial charge in [0.25, 0.3) is 0 Å². The van der Waals surface area contributed by atoms with Gasteiger partial charge in [-0.2, -0.15) is 5.26 Å². The molecule has 0 N–H and O–H groups in total. The molecular formula is C12H13N3. The molecule has 0 atom stereocenters. The van der Waals surface area contributed by atoms with E-state index in [9.17, 15) is 0 Å². The second kappa shape index (κ2) is 2.96. The van der Waals surface area contributed by atoms with E-state index in [0.717, 1.165) is 18.9 Å². The van der Waals surface area contributed by atoms with Crippen molar-refractivity contribution in [3.8, 4) is 6.07 Å². The summed E-state index contributed by atoms with van der Waals surface area (Å²) in [6, 6.07) is 5.79. The zero-order valence-corrected chi connectivity index (χ0v) is 8.61. The minimum atomic E-state index is 0.615. The fraction of sp³-hybridized carbons (Fsp3) is 0.500. The first-order valence-corrected chi connectivity index (χ1v) is 5.43. The molecule has 0 amide bonds. The van der Waals surface area contributed by atoms with Gasteiger partial charge >= 0.3 is 0 Å². The Kier molecular flexibility index (Phi) is 1.72. The zero-order valence-electron chi connectivity index (χ0n) is 8.61. The number of nitriles is 1. The maximum Gasteiger partial charge on any atom is 0.129 e. The molecule has 2 heterocycles. The van der Waals surface area contributed by atoms with E-state index in [1.54, 1.807) is 12.3 Å². The van der Waals surface area contributed by atoms with E-state index in [-0.39, 0.29) is 0 Å². The number of aromatic nitrogens is 1. The first-order chi connectivity index (χ1) is 7.31. The van der Waals surface area contributed by atoms with Crippen LogP contribution in [0.5, 0.6) is 0 Å². The van der Waals surface area contributed by atoms with Crippen molar-refractivity contribution < 1.29 is 0 Å². The molecule has 1 saturated heterocycles. The molecule has 0 bridgehead atoms. The van der Waals surface area contributed by atoms with Crippen molar-refractivity contribution >= 4 is 5.82 Å². The fourth-order valence-corrected chi connectivity index (χ4v) is 2.58. The monoisotopic (exact) mass is 199 g/mol. The quantitative estimate of drug-likeness (QED) is 0.694. The van der Waals surface area contributed by atoms with E-state index in [1.807, 2.05) is 6.07 Å². The van der Waals surface area contributed by atoms with Crippen LogP contribution in [0.15, 0.2) is 18.3 Å². The van der Waals surface area contributed by atoms with Crippen LogP contribution in [0, 0.1) is 16.7 Å². The van der Waals surface area contributed by atoms with Gasteiger partial charge in [-0.25, -0.2) is 4.98 Å². The molecule has 1 aromatic heterocycles. The van der Waals surface area contributed by atoms with Crippen molar-refractivity contribution in [3.05, 3.63) is 23.9 Å². The van der Waals surface area contributed by atoms with Crippen LogP contribution >= 0.6 is 0 Å². The maximum atomic E-state index is 8.80. The molecule has 3 rings (SSSR count). The Morgan fingerprint density at radius 3 is 2.80 bits per heavy atom. The molecule has 76 valence electrons. The molecule has 1 aliphatic carbocycles. The minimum absolute atomic E-state index is 0.615. The standard InChI is InChI=1S/C12H13N3/c13-7-10-2-5-14-11(6-10)15-8-12(9-15)3-1-4-12/h2,5-6H,1,3-4,8-9H2. The van der Waals surface area contributed by atoms with Gasteiger partial charge in [0, 0.05) is 24.7 Å². The molecule has 15 heavy (non-hydrogen) atoms. The summed E-state index contributed by atoms with van der Waals surface area (Å²) in [4.78, 5) is 6.59. The lowest BCUT2D eigenvalue weighted by molar-refractivity contribution is 0.0896. The SMILES string of the molecule is N#Cc1ccnc(N2CC3(CCC3)C2)c1. The second-order valence-electron chi connectivity index (χ2n) is 4.72. The molecule has 3 heteroatoms. The Hall–Kier alpha value is -1.56. The van der Waals surface area contributed by atoms with E-state index in [1.165, 1.54) is 19.3 Å². The lowest BCUT2D eigenvalue weighted by Crippen LogP contribution is -2.60. The summed E-state index contributed by atoms with van der Waals surface area (Å²) < 4.78 is 0. The van der Waals surface area contributed by atoms with Crippen LogP contribution in [-0.2, 0) is 0 Å². The summed E-state index contributed by atoms with van der Waals surface area (Å²) in [6.45, 7) is 2.27. The van der Waals surface area contributed by atoms with Gasteiger partial charge in [-0.3, -0.25) is 0 Å². The van der Waals surface area contributed by atoms with Gasteiger partial charge in [0.05, 0.1) is 11.6 Å². The van der Waals surface area contributed by atoms with Crippen LogP contribution in [0.3, 0.4) is 0 Å². The third kappa shape index (κ3) is 1.29. The van der Waals surface area contributed by atoms with Gasteiger partial charge in [-0.05, 0) is 25.0 Å². The fourth-order valence-electron chi connectivity index (χ4n) is 2.58. The normalized spacial score (nSPS) is 21.7. The van der Waals surface area contributed by atoms with E-state index in [4.69, 9.17) is 5.26 Å². The highest BCUT2D eigenvalue weighted by molar-refractivity contribution is 5.48. The van der Waals surface area contributed by atoms with Gasteiger partial charge in [-0.15, -0.1) is 0 Å². The molecule has 1 spiro atoms. The molecule has 3 nitrogen and oxygen atoms in total. The number of nitrogens with zero attached hydrogens (tertiary/aromatic N) is 3. The largest absolute Gasteiger partial charge is 0.355 e. The minimum Gasteiger partial charge on any atom is -0.355 e. The Morgan fingerprint density at radius 2 is 2.20 bits per heavy atom. The van der Waals surface area contributed by atoms with Gasteiger partial charge < -0.3 is 4.90 Å². The number of pyridine rings is 1. The molecular weight excluding hydrogens is 186 g/mol. The highest BCUT2D eigenvalue weighted by Crippen LogP contribution is 2.49. The number of hydrogen-bond donors (Lipinski definition) is 0. The van der Waals surface area contributed by atoms with Crippen LogP contribution < -0.4 is 4.90 Å². The highest BCUT2D eigenvalue weighted by Gasteiger charge is 2.47. The van der Waals surface area contributed by atoms with Crippen LogP contribution in [0.4, 0.5) is 5.82 Å². The molecule has 0 unspecified atom stereocenters. The first kappa shape index (κ1) is 8.72. The maximum absolute atomic E-state index is 8.80. The summed E-state index contributed by atoms with van der Waals surface area (Å²) in [5.41, 5.74) is 1.32. The third-order valence-corrected chi connectivity index (χ3v) is 3.67. The Morgan fingerprint density at radius 1 is 1.40 bits per heavy atom. The zero-order chi connectivity index (χ0) is 10.3. The summed E-state index contributed by atoms with van der Waals surface area (Å²) in [5.74, 6) is 0.964. The lowest BCUT2D eigenvalue weighted by atomic mass is 9.63. The predicted molar refractivity (Wildman–Crippen MR) is 57.4 cm³/mol. The molecule has 1 aromatic rings. The van der Waals surface area contributed by atoms with Crippen LogP contribution in [-0.4, -0.2) is 18.1 Å². The summed E-state index contributed by atoms with van der Waals surface area (Å²) >= 11 is 0. The van der Waals surface area contributed by atoms with E-state index >= 15 is 0 Å². The van der Waals surface area contributed by atoms with Gasteiger partial charge in [0.1, 0.15) is 5.82 Å². The Bertz CT molecular complexity index is 421.